The van der Waals surface area contributed by atoms with E-state index in [4.69, 9.17) is 0 Å². The van der Waals surface area contributed by atoms with Crippen LogP contribution in [-0.2, 0) is 16.1 Å². The number of hydrogen-bond acceptors (Lipinski definition) is 5. The first kappa shape index (κ1) is 19.1. The van der Waals surface area contributed by atoms with E-state index in [1.54, 1.807) is 6.92 Å². The highest BCUT2D eigenvalue weighted by Gasteiger charge is 2.32. The molecular formula is C22H25N5O2. The first-order valence-corrected chi connectivity index (χ1v) is 9.91. The number of nitrogens with zero attached hydrogens (tertiary/aromatic N) is 3. The lowest BCUT2D eigenvalue weighted by atomic mass is 10.2. The number of nitrogens with one attached hydrogen (secondary N) is 2. The molecule has 0 radical (unpaired) electrons. The fraction of sp³-hybridized carbons (Fsp3) is 0.318. The van der Waals surface area contributed by atoms with Gasteiger partial charge >= 0.3 is 0 Å². The number of para-hydroxylation sites is 1. The standard InChI is InChI=1S/C22H25N5O2/c1-16-22(29)27(19-10-6-3-7-11-19)25-20(23-16)21(28)24-18-12-13-26(15-18)14-17-8-4-2-5-9-17/h2-11,16,18H,12-15H2,1H3,(H,23,25)(H,24,28). The van der Waals surface area contributed by atoms with Crippen LogP contribution in [0.15, 0.2) is 65.7 Å². The van der Waals surface area contributed by atoms with Gasteiger partial charge in [0.05, 0.1) is 5.69 Å². The summed E-state index contributed by atoms with van der Waals surface area (Å²) >= 11 is 0. The zero-order valence-electron chi connectivity index (χ0n) is 16.4. The minimum atomic E-state index is -0.615. The Morgan fingerprint density at radius 2 is 1.83 bits per heavy atom. The zero-order valence-corrected chi connectivity index (χ0v) is 16.4. The number of aliphatic imine (C=N–C) groups is 1. The second-order valence-corrected chi connectivity index (χ2v) is 7.45. The van der Waals surface area contributed by atoms with E-state index in [9.17, 15) is 9.59 Å². The summed E-state index contributed by atoms with van der Waals surface area (Å²) in [4.78, 5) is 31.8. The highest BCUT2D eigenvalue weighted by molar-refractivity contribution is 6.39. The van der Waals surface area contributed by atoms with Gasteiger partial charge in [-0.05, 0) is 31.0 Å². The lowest BCUT2D eigenvalue weighted by Gasteiger charge is -2.30. The van der Waals surface area contributed by atoms with Gasteiger partial charge in [-0.2, -0.15) is 0 Å². The van der Waals surface area contributed by atoms with Crippen LogP contribution in [0.25, 0.3) is 0 Å². The van der Waals surface area contributed by atoms with Gasteiger partial charge in [-0.1, -0.05) is 48.5 Å². The predicted molar refractivity (Wildman–Crippen MR) is 112 cm³/mol. The Bertz CT molecular complexity index is 900. The van der Waals surface area contributed by atoms with Crippen LogP contribution in [0.2, 0.25) is 0 Å². The number of benzene rings is 2. The molecular weight excluding hydrogens is 366 g/mol. The van der Waals surface area contributed by atoms with Gasteiger partial charge in [0.15, 0.2) is 0 Å². The number of hydrogen-bond donors (Lipinski definition) is 2. The van der Waals surface area contributed by atoms with Crippen molar-refractivity contribution in [2.75, 3.05) is 18.1 Å². The van der Waals surface area contributed by atoms with Gasteiger partial charge in [-0.3, -0.25) is 19.9 Å². The Morgan fingerprint density at radius 3 is 2.55 bits per heavy atom. The quantitative estimate of drug-likeness (QED) is 0.814. The van der Waals surface area contributed by atoms with Crippen LogP contribution in [0.3, 0.4) is 0 Å². The van der Waals surface area contributed by atoms with E-state index in [2.05, 4.69) is 32.8 Å². The van der Waals surface area contributed by atoms with Crippen LogP contribution in [0.1, 0.15) is 18.9 Å². The molecule has 2 aliphatic heterocycles. The Hall–Kier alpha value is -3.19. The second-order valence-electron chi connectivity index (χ2n) is 7.45. The van der Waals surface area contributed by atoms with Crippen molar-refractivity contribution in [3.05, 3.63) is 66.2 Å². The maximum atomic E-state index is 12.8. The molecule has 2 amide bonds. The maximum Gasteiger partial charge on any atom is 0.288 e. The lowest BCUT2D eigenvalue weighted by molar-refractivity contribution is -0.120. The van der Waals surface area contributed by atoms with Gasteiger partial charge in [-0.25, -0.2) is 10.0 Å². The van der Waals surface area contributed by atoms with Crippen LogP contribution >= 0.6 is 0 Å². The van der Waals surface area contributed by atoms with Gasteiger partial charge in [0.25, 0.3) is 11.8 Å². The molecule has 2 atom stereocenters. The molecule has 2 unspecified atom stereocenters. The number of carbonyl (C=O) groups is 2. The number of amidine groups is 1. The molecule has 1 saturated heterocycles. The van der Waals surface area contributed by atoms with E-state index in [0.29, 0.717) is 5.69 Å². The first-order chi connectivity index (χ1) is 14.1. The molecule has 2 aliphatic rings. The summed E-state index contributed by atoms with van der Waals surface area (Å²) in [6, 6.07) is 19.0. The normalized spacial score (nSPS) is 22.2. The SMILES string of the molecule is CC1N=C(C(=O)NC2CCN(Cc3ccccc3)C2)NN(c2ccccc2)C1=O. The fourth-order valence-corrected chi connectivity index (χ4v) is 3.69. The number of hydrazine groups is 1. The molecule has 0 aromatic heterocycles. The molecule has 2 aromatic carbocycles. The second kappa shape index (κ2) is 8.45. The van der Waals surface area contributed by atoms with Gasteiger partial charge in [0.1, 0.15) is 6.04 Å². The number of anilines is 1. The molecule has 7 heteroatoms. The lowest BCUT2D eigenvalue weighted by Crippen LogP contribution is -2.58. The fourth-order valence-electron chi connectivity index (χ4n) is 3.69. The highest BCUT2D eigenvalue weighted by atomic mass is 16.2. The van der Waals surface area contributed by atoms with Gasteiger partial charge < -0.3 is 5.32 Å². The van der Waals surface area contributed by atoms with E-state index in [-0.39, 0.29) is 23.7 Å². The third kappa shape index (κ3) is 4.46. The molecule has 1 fully saturated rings. The van der Waals surface area contributed by atoms with Crippen molar-refractivity contribution in [1.82, 2.24) is 15.6 Å². The largest absolute Gasteiger partial charge is 0.345 e. The molecule has 150 valence electrons. The number of likely N-dealkylation sites (tertiary alicyclic amines) is 1. The molecule has 2 heterocycles. The van der Waals surface area contributed by atoms with Crippen LogP contribution < -0.4 is 15.8 Å². The van der Waals surface area contributed by atoms with Crippen LogP contribution in [-0.4, -0.2) is 47.7 Å². The highest BCUT2D eigenvalue weighted by Crippen LogP contribution is 2.17. The topological polar surface area (TPSA) is 77.0 Å². The summed E-state index contributed by atoms with van der Waals surface area (Å²) < 4.78 is 0. The molecule has 2 aromatic rings. The van der Waals surface area contributed by atoms with Crippen molar-refractivity contribution in [2.24, 2.45) is 4.99 Å². The third-order valence-corrected chi connectivity index (χ3v) is 5.20. The minimum Gasteiger partial charge on any atom is -0.345 e. The Kier molecular flexibility index (Phi) is 5.57. The average Bonchev–Trinajstić information content (AvgIpc) is 3.18. The van der Waals surface area contributed by atoms with Crippen molar-refractivity contribution in [3.8, 4) is 0 Å². The van der Waals surface area contributed by atoms with Crippen molar-refractivity contribution in [1.29, 1.82) is 0 Å². The van der Waals surface area contributed by atoms with Crippen molar-refractivity contribution >= 4 is 23.3 Å². The molecule has 29 heavy (non-hydrogen) atoms. The van der Waals surface area contributed by atoms with E-state index in [0.717, 1.165) is 26.1 Å². The molecule has 0 aliphatic carbocycles. The number of amides is 2. The van der Waals surface area contributed by atoms with Crippen molar-refractivity contribution in [3.63, 3.8) is 0 Å². The van der Waals surface area contributed by atoms with Crippen molar-refractivity contribution in [2.45, 2.75) is 32.0 Å². The van der Waals surface area contributed by atoms with Gasteiger partial charge in [0, 0.05) is 25.7 Å². The Balaban J connectivity index is 1.37. The number of rotatable bonds is 5. The summed E-state index contributed by atoms with van der Waals surface area (Å²) in [7, 11) is 0. The summed E-state index contributed by atoms with van der Waals surface area (Å²) in [6.45, 7) is 4.30. The Labute approximate surface area is 170 Å². The zero-order chi connectivity index (χ0) is 20.2. The van der Waals surface area contributed by atoms with Crippen LogP contribution in [0, 0.1) is 0 Å². The smallest absolute Gasteiger partial charge is 0.288 e. The third-order valence-electron chi connectivity index (χ3n) is 5.20. The average molecular weight is 391 g/mol. The summed E-state index contributed by atoms with van der Waals surface area (Å²) in [5.74, 6) is -0.304. The monoisotopic (exact) mass is 391 g/mol. The maximum absolute atomic E-state index is 12.8. The minimum absolute atomic E-state index is 0.0637. The molecule has 0 saturated carbocycles. The molecule has 2 N–H and O–H groups in total. The van der Waals surface area contributed by atoms with Gasteiger partial charge in [0.2, 0.25) is 5.84 Å². The van der Waals surface area contributed by atoms with E-state index >= 15 is 0 Å². The summed E-state index contributed by atoms with van der Waals surface area (Å²) in [6.07, 6.45) is 0.892. The van der Waals surface area contributed by atoms with Crippen LogP contribution in [0.4, 0.5) is 5.69 Å². The van der Waals surface area contributed by atoms with Crippen LogP contribution in [0.5, 0.6) is 0 Å². The molecule has 7 nitrogen and oxygen atoms in total. The van der Waals surface area contributed by atoms with E-state index in [1.165, 1.54) is 10.6 Å². The number of carbonyl (C=O) groups excluding carboxylic acids is 2. The summed E-state index contributed by atoms with van der Waals surface area (Å²) in [5, 5.41) is 4.45. The first-order valence-electron chi connectivity index (χ1n) is 9.91. The molecule has 4 rings (SSSR count). The van der Waals surface area contributed by atoms with Gasteiger partial charge in [-0.15, -0.1) is 0 Å². The van der Waals surface area contributed by atoms with E-state index < -0.39 is 6.04 Å². The summed E-state index contributed by atoms with van der Waals surface area (Å²) in [5.41, 5.74) is 4.83. The predicted octanol–water partition coefficient (Wildman–Crippen LogP) is 1.72. The van der Waals surface area contributed by atoms with Crippen molar-refractivity contribution < 1.29 is 9.59 Å². The molecule has 0 spiro atoms. The molecule has 0 bridgehead atoms. The Morgan fingerprint density at radius 1 is 1.14 bits per heavy atom. The van der Waals surface area contributed by atoms with E-state index in [1.807, 2.05) is 48.5 Å².